The van der Waals surface area contributed by atoms with Crippen LogP contribution in [-0.4, -0.2) is 78.9 Å². The molecule has 9 heteroatoms. The average Bonchev–Trinajstić information content (AvgIpc) is 3.16. The summed E-state index contributed by atoms with van der Waals surface area (Å²) in [5.41, 5.74) is 10.6. The van der Waals surface area contributed by atoms with Gasteiger partial charge in [-0.15, -0.1) is 0 Å². The minimum absolute atomic E-state index is 0.118. The summed E-state index contributed by atoms with van der Waals surface area (Å²) < 4.78 is 0. The molecular weight excluding hydrogens is 444 g/mol. The van der Waals surface area contributed by atoms with Gasteiger partial charge >= 0.3 is 0 Å². The molecule has 0 radical (unpaired) electrons. The van der Waals surface area contributed by atoms with Gasteiger partial charge in [0.05, 0.1) is 0 Å². The highest BCUT2D eigenvalue weighted by Gasteiger charge is 2.42. The number of piperidine rings is 1. The van der Waals surface area contributed by atoms with Crippen LogP contribution in [0.5, 0.6) is 0 Å². The van der Waals surface area contributed by atoms with Crippen molar-refractivity contribution in [1.29, 1.82) is 0 Å². The number of nitrogens with one attached hydrogen (secondary N) is 1. The van der Waals surface area contributed by atoms with E-state index in [1.54, 1.807) is 4.90 Å². The molecule has 3 fully saturated rings. The first-order chi connectivity index (χ1) is 17.0. The molecule has 1 unspecified atom stereocenters. The van der Waals surface area contributed by atoms with Crippen LogP contribution in [0.3, 0.4) is 0 Å². The van der Waals surface area contributed by atoms with Gasteiger partial charge < -0.3 is 20.4 Å². The molecule has 4 heterocycles. The number of hydrogen-bond donors (Lipinski definition) is 2. The normalized spacial score (nSPS) is 23.4. The molecule has 0 saturated carbocycles. The predicted octanol–water partition coefficient (Wildman–Crippen LogP) is 1.04. The van der Waals surface area contributed by atoms with Crippen molar-refractivity contribution in [2.45, 2.75) is 31.5 Å². The number of hydrogen-bond acceptors (Lipinski definition) is 7. The van der Waals surface area contributed by atoms with Crippen LogP contribution in [0.25, 0.3) is 0 Å². The monoisotopic (exact) mass is 474 g/mol. The van der Waals surface area contributed by atoms with Gasteiger partial charge in [-0.2, -0.15) is 0 Å². The maximum Gasteiger partial charge on any atom is 0.255 e. The molecule has 4 aliphatic rings. The number of fused-ring (bicyclic) bond motifs is 1. The maximum absolute atomic E-state index is 13.1. The second-order valence-corrected chi connectivity index (χ2v) is 9.88. The van der Waals surface area contributed by atoms with E-state index in [0.29, 0.717) is 24.6 Å². The quantitative estimate of drug-likeness (QED) is 0.504. The molecule has 2 aromatic carbocycles. The van der Waals surface area contributed by atoms with Crippen LogP contribution in [0.15, 0.2) is 42.5 Å². The van der Waals surface area contributed by atoms with Crippen LogP contribution in [0.2, 0.25) is 0 Å². The average molecular weight is 475 g/mol. The molecule has 0 bridgehead atoms. The Kier molecular flexibility index (Phi) is 5.36. The molecule has 2 aromatic rings. The van der Waals surface area contributed by atoms with Gasteiger partial charge in [0.2, 0.25) is 11.8 Å². The van der Waals surface area contributed by atoms with Gasteiger partial charge in [-0.05, 0) is 42.8 Å². The summed E-state index contributed by atoms with van der Waals surface area (Å²) in [5, 5.41) is 2.37. The molecule has 0 spiro atoms. The summed E-state index contributed by atoms with van der Waals surface area (Å²) >= 11 is 0. The Balaban J connectivity index is 1.08. The van der Waals surface area contributed by atoms with E-state index < -0.39 is 6.04 Å². The Bertz CT molecular complexity index is 1170. The molecule has 0 aliphatic carbocycles. The number of piperazine rings is 1. The van der Waals surface area contributed by atoms with Gasteiger partial charge in [0.15, 0.2) is 0 Å². The summed E-state index contributed by atoms with van der Waals surface area (Å²) in [6, 6.07) is 13.9. The highest BCUT2D eigenvalue weighted by Crippen LogP contribution is 2.36. The van der Waals surface area contributed by atoms with Gasteiger partial charge in [0, 0.05) is 86.5 Å². The Morgan fingerprint density at radius 3 is 2.34 bits per heavy atom. The van der Waals surface area contributed by atoms with Crippen molar-refractivity contribution >= 4 is 34.8 Å². The van der Waals surface area contributed by atoms with Gasteiger partial charge in [-0.1, -0.05) is 6.07 Å². The van der Waals surface area contributed by atoms with E-state index in [9.17, 15) is 14.4 Å². The minimum Gasteiger partial charge on any atom is -0.399 e. The van der Waals surface area contributed by atoms with Gasteiger partial charge in [0.25, 0.3) is 5.91 Å². The third kappa shape index (κ3) is 3.89. The molecule has 4 aliphatic heterocycles. The lowest BCUT2D eigenvalue weighted by Gasteiger charge is -2.49. The zero-order chi connectivity index (χ0) is 24.1. The van der Waals surface area contributed by atoms with E-state index in [1.807, 2.05) is 24.3 Å². The van der Waals surface area contributed by atoms with E-state index in [-0.39, 0.29) is 24.1 Å². The third-order valence-corrected chi connectivity index (χ3v) is 7.85. The van der Waals surface area contributed by atoms with Crippen molar-refractivity contribution in [1.82, 2.24) is 15.1 Å². The Morgan fingerprint density at radius 1 is 0.886 bits per heavy atom. The molecule has 3 amide bonds. The zero-order valence-corrected chi connectivity index (χ0v) is 19.7. The van der Waals surface area contributed by atoms with E-state index in [0.717, 1.165) is 56.2 Å². The molecular formula is C26H30N6O3. The lowest BCUT2D eigenvalue weighted by molar-refractivity contribution is -0.136. The number of nitrogens with two attached hydrogens (primary N) is 1. The summed E-state index contributed by atoms with van der Waals surface area (Å²) in [5.74, 6) is -0.754. The lowest BCUT2D eigenvalue weighted by Crippen LogP contribution is -2.63. The van der Waals surface area contributed by atoms with Gasteiger partial charge in [-0.3, -0.25) is 24.6 Å². The zero-order valence-electron chi connectivity index (χ0n) is 19.7. The molecule has 6 rings (SSSR count). The number of nitrogen functional groups attached to an aromatic ring is 1. The smallest absolute Gasteiger partial charge is 0.255 e. The number of benzene rings is 2. The molecule has 3 N–H and O–H groups in total. The Labute approximate surface area is 204 Å². The fraction of sp³-hybridized carbons (Fsp3) is 0.423. The van der Waals surface area contributed by atoms with E-state index in [2.05, 4.69) is 38.2 Å². The summed E-state index contributed by atoms with van der Waals surface area (Å²) in [4.78, 5) is 46.0. The number of amides is 3. The van der Waals surface area contributed by atoms with Crippen molar-refractivity contribution < 1.29 is 14.4 Å². The fourth-order valence-electron chi connectivity index (χ4n) is 5.78. The summed E-state index contributed by atoms with van der Waals surface area (Å²) in [6.07, 6.45) is 0.649. The van der Waals surface area contributed by atoms with Gasteiger partial charge in [-0.25, -0.2) is 0 Å². The van der Waals surface area contributed by atoms with Gasteiger partial charge in [0.1, 0.15) is 6.04 Å². The predicted molar refractivity (Wildman–Crippen MR) is 133 cm³/mol. The van der Waals surface area contributed by atoms with E-state index >= 15 is 0 Å². The van der Waals surface area contributed by atoms with Crippen LogP contribution in [0.4, 0.5) is 17.1 Å². The SMILES string of the molecule is Nc1ccc(N2CCN(C3CN(c4cccc5c4CN(C4CCC(=O)NC4=O)C5=O)C3)CC2)cc1. The minimum atomic E-state index is -0.582. The second-order valence-electron chi connectivity index (χ2n) is 9.88. The lowest BCUT2D eigenvalue weighted by atomic mass is 10.0. The second kappa shape index (κ2) is 8.57. The number of nitrogens with zero attached hydrogens (tertiary/aromatic N) is 4. The molecule has 9 nitrogen and oxygen atoms in total. The van der Waals surface area contributed by atoms with Crippen LogP contribution in [-0.2, 0) is 16.1 Å². The Morgan fingerprint density at radius 2 is 1.63 bits per heavy atom. The number of imide groups is 1. The first-order valence-electron chi connectivity index (χ1n) is 12.3. The summed E-state index contributed by atoms with van der Waals surface area (Å²) in [7, 11) is 0. The standard InChI is InChI=1S/C26H30N6O3/c27-17-4-6-18(7-5-17)29-10-12-30(13-11-29)19-14-31(15-19)22-3-1-2-20-21(22)16-32(26(20)35)23-8-9-24(33)28-25(23)34/h1-7,19,23H,8-16,27H2,(H,28,33,34). The maximum atomic E-state index is 13.1. The third-order valence-electron chi connectivity index (χ3n) is 7.85. The van der Waals surface area contributed by atoms with Crippen molar-refractivity contribution in [3.05, 3.63) is 53.6 Å². The molecule has 1 atom stereocenters. The van der Waals surface area contributed by atoms with Crippen molar-refractivity contribution in [2.24, 2.45) is 0 Å². The number of carbonyl (C=O) groups excluding carboxylic acids is 3. The van der Waals surface area contributed by atoms with E-state index in [1.165, 1.54) is 5.69 Å². The fourth-order valence-corrected chi connectivity index (χ4v) is 5.78. The number of carbonyl (C=O) groups is 3. The first kappa shape index (κ1) is 21.9. The van der Waals surface area contributed by atoms with Crippen LogP contribution in [0, 0.1) is 0 Å². The Hall–Kier alpha value is -3.59. The highest BCUT2D eigenvalue weighted by molar-refractivity contribution is 6.06. The highest BCUT2D eigenvalue weighted by atomic mass is 16.2. The largest absolute Gasteiger partial charge is 0.399 e. The number of anilines is 3. The topological polar surface area (TPSA) is 102 Å². The molecule has 0 aromatic heterocycles. The summed E-state index contributed by atoms with van der Waals surface area (Å²) in [6.45, 7) is 6.33. The molecule has 35 heavy (non-hydrogen) atoms. The van der Waals surface area contributed by atoms with Crippen molar-refractivity contribution in [3.63, 3.8) is 0 Å². The van der Waals surface area contributed by atoms with Crippen LogP contribution >= 0.6 is 0 Å². The van der Waals surface area contributed by atoms with E-state index in [4.69, 9.17) is 5.73 Å². The molecule has 182 valence electrons. The first-order valence-corrected chi connectivity index (χ1v) is 12.3. The van der Waals surface area contributed by atoms with Crippen molar-refractivity contribution in [3.8, 4) is 0 Å². The van der Waals surface area contributed by atoms with Crippen molar-refractivity contribution in [2.75, 3.05) is 54.8 Å². The number of rotatable bonds is 4. The van der Waals surface area contributed by atoms with Crippen LogP contribution in [0.1, 0.15) is 28.8 Å². The van der Waals surface area contributed by atoms with Crippen LogP contribution < -0.4 is 20.9 Å². The molecule has 3 saturated heterocycles.